The van der Waals surface area contributed by atoms with Crippen molar-refractivity contribution in [2.45, 2.75) is 20.0 Å². The normalized spacial score (nSPS) is 11.3. The summed E-state index contributed by atoms with van der Waals surface area (Å²) in [6.45, 7) is 2.86. The van der Waals surface area contributed by atoms with Crippen molar-refractivity contribution >= 4 is 21.9 Å². The fourth-order valence-electron chi connectivity index (χ4n) is 4.22. The van der Waals surface area contributed by atoms with Crippen LogP contribution in [0.1, 0.15) is 16.7 Å². The molecule has 32 heavy (non-hydrogen) atoms. The van der Waals surface area contributed by atoms with Crippen LogP contribution in [-0.4, -0.2) is 21.2 Å². The second-order valence-corrected chi connectivity index (χ2v) is 7.86. The summed E-state index contributed by atoms with van der Waals surface area (Å²) in [5.74, 6) is 0.356. The van der Waals surface area contributed by atoms with Crippen molar-refractivity contribution in [3.05, 3.63) is 106 Å². The molecule has 160 valence electrons. The van der Waals surface area contributed by atoms with Crippen LogP contribution in [-0.2, 0) is 13.1 Å². The Balaban J connectivity index is 1.74. The molecule has 0 aliphatic carbocycles. The first-order valence-electron chi connectivity index (χ1n) is 10.4. The summed E-state index contributed by atoms with van der Waals surface area (Å²) in [6.07, 6.45) is 1.53. The summed E-state index contributed by atoms with van der Waals surface area (Å²) >= 11 is 0. The van der Waals surface area contributed by atoms with E-state index in [1.165, 1.54) is 18.5 Å². The zero-order valence-electron chi connectivity index (χ0n) is 17.9. The Bertz CT molecular complexity index is 1520. The molecule has 0 aliphatic rings. The average Bonchev–Trinajstić information content (AvgIpc) is 3.11. The number of halogens is 1. The Morgan fingerprint density at radius 1 is 0.969 bits per heavy atom. The molecule has 0 amide bonds. The van der Waals surface area contributed by atoms with Crippen LogP contribution < -0.4 is 10.3 Å². The van der Waals surface area contributed by atoms with Crippen LogP contribution in [0, 0.1) is 12.7 Å². The zero-order valence-corrected chi connectivity index (χ0v) is 17.9. The fraction of sp³-hybridized carbons (Fsp3) is 0.154. The minimum Gasteiger partial charge on any atom is -0.496 e. The van der Waals surface area contributed by atoms with E-state index < -0.39 is 0 Å². The predicted octanol–water partition coefficient (Wildman–Crippen LogP) is 4.90. The number of ether oxygens (including phenoxy) is 1. The summed E-state index contributed by atoms with van der Waals surface area (Å²) in [5.41, 5.74) is 4.68. The third-order valence-corrected chi connectivity index (χ3v) is 5.91. The van der Waals surface area contributed by atoms with E-state index in [1.54, 1.807) is 17.7 Å². The van der Waals surface area contributed by atoms with Gasteiger partial charge in [0.1, 0.15) is 22.6 Å². The van der Waals surface area contributed by atoms with Crippen LogP contribution in [0.2, 0.25) is 0 Å². The van der Waals surface area contributed by atoms with Crippen molar-refractivity contribution < 1.29 is 9.13 Å². The Hall–Kier alpha value is -3.93. The van der Waals surface area contributed by atoms with Gasteiger partial charge in [-0.3, -0.25) is 9.36 Å². The molecule has 5 rings (SSSR count). The molecule has 0 N–H and O–H groups in total. The molecular formula is C26H22FN3O2. The Labute approximate surface area is 184 Å². The molecule has 0 saturated heterocycles. The van der Waals surface area contributed by atoms with Crippen LogP contribution in [0.15, 0.2) is 77.9 Å². The number of hydrogen-bond acceptors (Lipinski definition) is 3. The van der Waals surface area contributed by atoms with E-state index in [2.05, 4.69) is 4.98 Å². The number of para-hydroxylation sites is 1. The lowest BCUT2D eigenvalue weighted by Gasteiger charge is -2.12. The highest BCUT2D eigenvalue weighted by molar-refractivity contribution is 6.05. The van der Waals surface area contributed by atoms with Gasteiger partial charge in [0.05, 0.1) is 25.5 Å². The predicted molar refractivity (Wildman–Crippen MR) is 124 cm³/mol. The van der Waals surface area contributed by atoms with Crippen LogP contribution in [0.5, 0.6) is 5.75 Å². The van der Waals surface area contributed by atoms with E-state index in [0.29, 0.717) is 35.3 Å². The molecule has 5 nitrogen and oxygen atoms in total. The Kier molecular flexibility index (Phi) is 4.98. The van der Waals surface area contributed by atoms with E-state index >= 15 is 0 Å². The maximum absolute atomic E-state index is 14.1. The number of benzene rings is 3. The van der Waals surface area contributed by atoms with Gasteiger partial charge in [0.2, 0.25) is 0 Å². The standard InChI is InChI=1S/C26H22FN3O2/c1-17-7-3-4-8-18(17)15-30-22-12-11-20(27)13-21(22)24-25(30)26(31)29(16-28-24)14-19-9-5-6-10-23(19)32-2/h3-13,16H,14-15H2,1-2H3. The van der Waals surface area contributed by atoms with Crippen molar-refractivity contribution in [1.29, 1.82) is 0 Å². The number of aromatic nitrogens is 3. The molecule has 2 aromatic heterocycles. The number of fused-ring (bicyclic) bond motifs is 3. The number of aryl methyl sites for hydroxylation is 1. The van der Waals surface area contributed by atoms with Crippen molar-refractivity contribution in [2.24, 2.45) is 0 Å². The minimum atomic E-state index is -0.354. The summed E-state index contributed by atoms with van der Waals surface area (Å²) in [7, 11) is 1.61. The number of methoxy groups -OCH3 is 1. The molecular weight excluding hydrogens is 405 g/mol. The largest absolute Gasteiger partial charge is 0.496 e. The fourth-order valence-corrected chi connectivity index (χ4v) is 4.22. The number of nitrogens with zero attached hydrogens (tertiary/aromatic N) is 3. The summed E-state index contributed by atoms with van der Waals surface area (Å²) in [4.78, 5) is 18.2. The number of rotatable bonds is 5. The average molecular weight is 427 g/mol. The maximum atomic E-state index is 14.1. The summed E-state index contributed by atoms with van der Waals surface area (Å²) in [6, 6.07) is 20.2. The molecule has 6 heteroatoms. The van der Waals surface area contributed by atoms with Crippen LogP contribution in [0.25, 0.3) is 21.9 Å². The molecule has 0 atom stereocenters. The highest BCUT2D eigenvalue weighted by atomic mass is 19.1. The van der Waals surface area contributed by atoms with Crippen molar-refractivity contribution in [3.8, 4) is 5.75 Å². The first-order chi connectivity index (χ1) is 15.6. The second kappa shape index (κ2) is 7.96. The molecule has 2 heterocycles. The van der Waals surface area contributed by atoms with Crippen molar-refractivity contribution in [1.82, 2.24) is 14.1 Å². The van der Waals surface area contributed by atoms with Gasteiger partial charge in [-0.25, -0.2) is 9.37 Å². The van der Waals surface area contributed by atoms with Crippen LogP contribution >= 0.6 is 0 Å². The number of hydrogen-bond donors (Lipinski definition) is 0. The SMILES string of the molecule is COc1ccccc1Cn1cnc2c3cc(F)ccc3n(Cc3ccccc3C)c2c1=O. The van der Waals surface area contributed by atoms with E-state index in [9.17, 15) is 9.18 Å². The molecule has 3 aromatic carbocycles. The van der Waals surface area contributed by atoms with E-state index in [-0.39, 0.29) is 11.4 Å². The van der Waals surface area contributed by atoms with Gasteiger partial charge < -0.3 is 9.30 Å². The third-order valence-electron chi connectivity index (χ3n) is 5.91. The molecule has 0 unspecified atom stereocenters. The first kappa shape index (κ1) is 20.0. The molecule has 0 saturated carbocycles. The lowest BCUT2D eigenvalue weighted by Crippen LogP contribution is -2.23. The van der Waals surface area contributed by atoms with Gasteiger partial charge >= 0.3 is 0 Å². The molecule has 0 bridgehead atoms. The molecule has 0 aliphatic heterocycles. The summed E-state index contributed by atoms with van der Waals surface area (Å²) in [5, 5.41) is 0.634. The van der Waals surface area contributed by atoms with Crippen molar-refractivity contribution in [2.75, 3.05) is 7.11 Å². The summed E-state index contributed by atoms with van der Waals surface area (Å²) < 4.78 is 23.0. The Morgan fingerprint density at radius 2 is 1.72 bits per heavy atom. The smallest absolute Gasteiger partial charge is 0.278 e. The van der Waals surface area contributed by atoms with Gasteiger partial charge in [-0.1, -0.05) is 42.5 Å². The Morgan fingerprint density at radius 3 is 2.50 bits per heavy atom. The lowest BCUT2D eigenvalue weighted by molar-refractivity contribution is 0.408. The van der Waals surface area contributed by atoms with Gasteiger partial charge in [0.25, 0.3) is 5.56 Å². The minimum absolute atomic E-state index is 0.175. The van der Waals surface area contributed by atoms with Gasteiger partial charge in [0, 0.05) is 17.5 Å². The highest BCUT2D eigenvalue weighted by Crippen LogP contribution is 2.28. The van der Waals surface area contributed by atoms with Gasteiger partial charge in [-0.05, 0) is 42.3 Å². The third kappa shape index (κ3) is 3.34. The van der Waals surface area contributed by atoms with Crippen molar-refractivity contribution in [3.63, 3.8) is 0 Å². The second-order valence-electron chi connectivity index (χ2n) is 7.86. The maximum Gasteiger partial charge on any atom is 0.278 e. The zero-order chi connectivity index (χ0) is 22.2. The molecule has 0 radical (unpaired) electrons. The van der Waals surface area contributed by atoms with Crippen LogP contribution in [0.3, 0.4) is 0 Å². The highest BCUT2D eigenvalue weighted by Gasteiger charge is 2.18. The first-order valence-corrected chi connectivity index (χ1v) is 10.4. The quantitative estimate of drug-likeness (QED) is 0.401. The van der Waals surface area contributed by atoms with Gasteiger partial charge in [-0.15, -0.1) is 0 Å². The lowest BCUT2D eigenvalue weighted by atomic mass is 10.1. The molecule has 5 aromatic rings. The van der Waals surface area contributed by atoms with E-state index in [4.69, 9.17) is 4.74 Å². The van der Waals surface area contributed by atoms with Gasteiger partial charge in [0.15, 0.2) is 0 Å². The van der Waals surface area contributed by atoms with E-state index in [0.717, 1.165) is 22.2 Å². The van der Waals surface area contributed by atoms with Gasteiger partial charge in [-0.2, -0.15) is 0 Å². The monoisotopic (exact) mass is 427 g/mol. The molecule has 0 fully saturated rings. The molecule has 0 spiro atoms. The van der Waals surface area contributed by atoms with Crippen LogP contribution in [0.4, 0.5) is 4.39 Å². The van der Waals surface area contributed by atoms with E-state index in [1.807, 2.05) is 60.0 Å². The topological polar surface area (TPSA) is 49.0 Å².